The number of anilines is 1. The van der Waals surface area contributed by atoms with Crippen molar-refractivity contribution in [1.82, 2.24) is 14.8 Å². The summed E-state index contributed by atoms with van der Waals surface area (Å²) in [7, 11) is 3.34. The summed E-state index contributed by atoms with van der Waals surface area (Å²) in [6.45, 7) is 6.52. The number of hydrogen-bond acceptors (Lipinski definition) is 5. The summed E-state index contributed by atoms with van der Waals surface area (Å²) < 4.78 is 47.8. The zero-order valence-electron chi connectivity index (χ0n) is 24.7. The van der Waals surface area contributed by atoms with Crippen LogP contribution in [0, 0.1) is 11.3 Å². The molecule has 0 bridgehead atoms. The highest BCUT2D eigenvalue weighted by atomic mass is 35.5. The standard InChI is InChI=1S/C31H40ClF3N4O3/c1-5-42-23-8-6-7-22(19-23)26(31(33,34)35)29(41)39-17-13-30(2,14-18-39)20-21-11-15-38(16-12-21)25-10-9-24(27(32)36-25)28(40)37(3)4/h6-10,19,21,26H,5,11-18,20H2,1-4H3. The Morgan fingerprint density at radius 2 is 1.79 bits per heavy atom. The monoisotopic (exact) mass is 608 g/mol. The second kappa shape index (κ2) is 13.1. The van der Waals surface area contributed by atoms with Crippen LogP contribution < -0.4 is 9.64 Å². The molecule has 0 N–H and O–H groups in total. The highest BCUT2D eigenvalue weighted by Crippen LogP contribution is 2.43. The number of benzene rings is 1. The number of amides is 2. The predicted molar refractivity (Wildman–Crippen MR) is 157 cm³/mol. The van der Waals surface area contributed by atoms with Gasteiger partial charge in [0, 0.05) is 40.3 Å². The Morgan fingerprint density at radius 3 is 2.36 bits per heavy atom. The first-order chi connectivity index (χ1) is 19.8. The average Bonchev–Trinajstić information content (AvgIpc) is 2.93. The Labute approximate surface area is 251 Å². The quantitative estimate of drug-likeness (QED) is 0.324. The van der Waals surface area contributed by atoms with Crippen molar-refractivity contribution in [1.29, 1.82) is 0 Å². The number of carbonyl (C=O) groups excluding carboxylic acids is 2. The van der Waals surface area contributed by atoms with Crippen molar-refractivity contribution in [2.75, 3.05) is 51.8 Å². The molecule has 3 heterocycles. The van der Waals surface area contributed by atoms with Crippen molar-refractivity contribution >= 4 is 29.2 Å². The largest absolute Gasteiger partial charge is 0.494 e. The first-order valence-electron chi connectivity index (χ1n) is 14.5. The number of alkyl halides is 3. The number of ether oxygens (including phenoxy) is 1. The molecule has 2 aromatic rings. The maximum absolute atomic E-state index is 14.1. The Morgan fingerprint density at radius 1 is 1.12 bits per heavy atom. The van der Waals surface area contributed by atoms with E-state index in [1.165, 1.54) is 28.0 Å². The zero-order valence-corrected chi connectivity index (χ0v) is 25.5. The summed E-state index contributed by atoms with van der Waals surface area (Å²) in [5.74, 6) is -1.74. The van der Waals surface area contributed by atoms with Crippen molar-refractivity contribution in [2.24, 2.45) is 11.3 Å². The third kappa shape index (κ3) is 7.49. The van der Waals surface area contributed by atoms with Crippen LogP contribution in [0.1, 0.15) is 67.8 Å². The third-order valence-corrected chi connectivity index (χ3v) is 8.84. The van der Waals surface area contributed by atoms with Gasteiger partial charge in [0.15, 0.2) is 5.92 Å². The van der Waals surface area contributed by atoms with E-state index in [1.54, 1.807) is 33.2 Å². The molecule has 7 nitrogen and oxygen atoms in total. The number of rotatable bonds is 8. The fourth-order valence-corrected chi connectivity index (χ4v) is 6.37. The van der Waals surface area contributed by atoms with Gasteiger partial charge in [-0.15, -0.1) is 0 Å². The van der Waals surface area contributed by atoms with Crippen LogP contribution >= 0.6 is 11.6 Å². The topological polar surface area (TPSA) is 66.0 Å². The normalized spacial score (nSPS) is 18.5. The number of nitrogens with zero attached hydrogens (tertiary/aromatic N) is 4. The van der Waals surface area contributed by atoms with E-state index < -0.39 is 18.0 Å². The fourth-order valence-electron chi connectivity index (χ4n) is 6.14. The van der Waals surface area contributed by atoms with Crippen molar-refractivity contribution in [3.8, 4) is 5.75 Å². The van der Waals surface area contributed by atoms with Gasteiger partial charge in [-0.1, -0.05) is 30.7 Å². The molecule has 2 saturated heterocycles. The Balaban J connectivity index is 1.32. The van der Waals surface area contributed by atoms with E-state index >= 15 is 0 Å². The molecule has 0 radical (unpaired) electrons. The lowest BCUT2D eigenvalue weighted by Gasteiger charge is -2.43. The van der Waals surface area contributed by atoms with Crippen molar-refractivity contribution in [2.45, 2.75) is 58.0 Å². The van der Waals surface area contributed by atoms with E-state index in [4.69, 9.17) is 16.3 Å². The van der Waals surface area contributed by atoms with Gasteiger partial charge in [0.1, 0.15) is 16.7 Å². The molecule has 2 aliphatic rings. The molecule has 1 aromatic carbocycles. The maximum atomic E-state index is 14.1. The van der Waals surface area contributed by atoms with E-state index in [9.17, 15) is 22.8 Å². The van der Waals surface area contributed by atoms with Gasteiger partial charge in [0.2, 0.25) is 5.91 Å². The molecule has 2 aliphatic heterocycles. The molecular formula is C31H40ClF3N4O3. The van der Waals surface area contributed by atoms with Crippen LogP contribution in [-0.4, -0.2) is 79.7 Å². The van der Waals surface area contributed by atoms with Crippen LogP contribution in [0.2, 0.25) is 5.15 Å². The second-order valence-electron chi connectivity index (χ2n) is 12.0. The lowest BCUT2D eigenvalue weighted by Crippen LogP contribution is -2.47. The fraction of sp³-hybridized carbons (Fsp3) is 0.581. The number of likely N-dealkylation sites (tertiary alicyclic amines) is 1. The summed E-state index contributed by atoms with van der Waals surface area (Å²) in [6, 6.07) is 9.31. The second-order valence-corrected chi connectivity index (χ2v) is 12.3. The molecule has 1 unspecified atom stereocenters. The zero-order chi connectivity index (χ0) is 30.7. The lowest BCUT2D eigenvalue weighted by molar-refractivity contribution is -0.173. The van der Waals surface area contributed by atoms with Gasteiger partial charge in [-0.05, 0) is 80.2 Å². The van der Waals surface area contributed by atoms with E-state index in [1.807, 2.05) is 6.07 Å². The lowest BCUT2D eigenvalue weighted by atomic mass is 9.71. The summed E-state index contributed by atoms with van der Waals surface area (Å²) in [6.07, 6.45) is -0.475. The molecule has 2 fully saturated rings. The number of carbonyl (C=O) groups is 2. The molecule has 2 amide bonds. The van der Waals surface area contributed by atoms with Gasteiger partial charge in [-0.3, -0.25) is 9.59 Å². The molecule has 0 aliphatic carbocycles. The van der Waals surface area contributed by atoms with Gasteiger partial charge >= 0.3 is 6.18 Å². The molecule has 4 rings (SSSR count). The van der Waals surface area contributed by atoms with Gasteiger partial charge in [-0.25, -0.2) is 4.98 Å². The van der Waals surface area contributed by atoms with Crippen LogP contribution in [0.25, 0.3) is 0 Å². The SMILES string of the molecule is CCOc1cccc(C(C(=O)N2CCC(C)(CC3CCN(c4ccc(C(=O)N(C)C)c(Cl)n4)CC3)CC2)C(F)(F)F)c1. The summed E-state index contributed by atoms with van der Waals surface area (Å²) >= 11 is 6.31. The number of hydrogen-bond donors (Lipinski definition) is 0. The van der Waals surface area contributed by atoms with Crippen LogP contribution in [0.15, 0.2) is 36.4 Å². The van der Waals surface area contributed by atoms with Gasteiger partial charge in [0.25, 0.3) is 5.91 Å². The minimum absolute atomic E-state index is 0.0397. The molecule has 1 atom stereocenters. The smallest absolute Gasteiger partial charge is 0.404 e. The Kier molecular flexibility index (Phi) is 9.96. The molecule has 0 spiro atoms. The first-order valence-corrected chi connectivity index (χ1v) is 14.9. The number of pyridine rings is 1. The van der Waals surface area contributed by atoms with Crippen LogP contribution in [0.5, 0.6) is 5.75 Å². The van der Waals surface area contributed by atoms with E-state index in [2.05, 4.69) is 16.8 Å². The highest BCUT2D eigenvalue weighted by molar-refractivity contribution is 6.32. The summed E-state index contributed by atoms with van der Waals surface area (Å²) in [5.41, 5.74) is 0.244. The molecular weight excluding hydrogens is 569 g/mol. The van der Waals surface area contributed by atoms with Crippen LogP contribution in [-0.2, 0) is 4.79 Å². The van der Waals surface area contributed by atoms with Crippen LogP contribution in [0.3, 0.4) is 0 Å². The van der Waals surface area contributed by atoms with Crippen molar-refractivity contribution < 1.29 is 27.5 Å². The van der Waals surface area contributed by atoms with Gasteiger partial charge in [0.05, 0.1) is 12.2 Å². The number of aromatic nitrogens is 1. The Bertz CT molecular complexity index is 1260. The molecule has 230 valence electrons. The van der Waals surface area contributed by atoms with Crippen molar-refractivity contribution in [3.05, 3.63) is 52.7 Å². The minimum Gasteiger partial charge on any atom is -0.494 e. The molecule has 11 heteroatoms. The van der Waals surface area contributed by atoms with Gasteiger partial charge in [-0.2, -0.15) is 13.2 Å². The highest BCUT2D eigenvalue weighted by Gasteiger charge is 2.48. The summed E-state index contributed by atoms with van der Waals surface area (Å²) in [4.78, 5) is 35.0. The van der Waals surface area contributed by atoms with Crippen molar-refractivity contribution in [3.63, 3.8) is 0 Å². The Hall–Kier alpha value is -3.01. The number of halogens is 4. The summed E-state index contributed by atoms with van der Waals surface area (Å²) in [5, 5.41) is 0.192. The van der Waals surface area contributed by atoms with E-state index in [0.717, 1.165) is 38.2 Å². The van der Waals surface area contributed by atoms with E-state index in [-0.39, 0.29) is 22.0 Å². The number of piperidine rings is 2. The molecule has 1 aromatic heterocycles. The predicted octanol–water partition coefficient (Wildman–Crippen LogP) is 6.42. The van der Waals surface area contributed by atoms with Crippen LogP contribution in [0.4, 0.5) is 19.0 Å². The molecule has 42 heavy (non-hydrogen) atoms. The first kappa shape index (κ1) is 31.9. The van der Waals surface area contributed by atoms with Gasteiger partial charge < -0.3 is 19.4 Å². The molecule has 0 saturated carbocycles. The maximum Gasteiger partial charge on any atom is 0.404 e. The third-order valence-electron chi connectivity index (χ3n) is 8.55. The van der Waals surface area contributed by atoms with E-state index in [0.29, 0.717) is 49.8 Å². The minimum atomic E-state index is -4.70. The average molecular weight is 609 g/mol.